The van der Waals surface area contributed by atoms with Gasteiger partial charge >= 0.3 is 0 Å². The summed E-state index contributed by atoms with van der Waals surface area (Å²) in [4.78, 5) is 6.46. The summed E-state index contributed by atoms with van der Waals surface area (Å²) in [6.45, 7) is 7.98. The van der Waals surface area contributed by atoms with E-state index in [-0.39, 0.29) is 0 Å². The van der Waals surface area contributed by atoms with E-state index in [1.54, 1.807) is 0 Å². The van der Waals surface area contributed by atoms with Gasteiger partial charge in [-0.2, -0.15) is 0 Å². The molecule has 2 unspecified atom stereocenters. The first kappa shape index (κ1) is 11.7. The third kappa shape index (κ3) is 2.04. The van der Waals surface area contributed by atoms with Crippen LogP contribution in [-0.4, -0.2) is 11.5 Å². The molecule has 3 heteroatoms. The molecule has 17 heavy (non-hydrogen) atoms. The maximum absolute atomic E-state index is 4.92. The first-order valence-corrected chi connectivity index (χ1v) is 7.66. The number of aromatic nitrogens is 1. The Hall–Kier alpha value is -0.410. The molecule has 0 aromatic carbocycles. The number of hydrogen-bond acceptors (Lipinski definition) is 3. The number of hydrogen-bond donors (Lipinski definition) is 1. The van der Waals surface area contributed by atoms with E-state index < -0.39 is 0 Å². The summed E-state index contributed by atoms with van der Waals surface area (Å²) in [5.74, 6) is 0.736. The lowest BCUT2D eigenvalue weighted by Crippen LogP contribution is -2.23. The normalized spacial score (nSPS) is 30.1. The number of nitrogens with one attached hydrogen (secondary N) is 1. The van der Waals surface area contributed by atoms with E-state index in [4.69, 9.17) is 4.98 Å². The first-order valence-electron chi connectivity index (χ1n) is 6.84. The molecule has 2 nitrogen and oxygen atoms in total. The maximum Gasteiger partial charge on any atom is 0.0968 e. The van der Waals surface area contributed by atoms with Gasteiger partial charge in [0.1, 0.15) is 0 Å². The van der Waals surface area contributed by atoms with Crippen LogP contribution in [0.1, 0.15) is 67.6 Å². The van der Waals surface area contributed by atoms with E-state index in [0.29, 0.717) is 11.5 Å². The summed E-state index contributed by atoms with van der Waals surface area (Å²) in [6.07, 6.45) is 5.10. The van der Waals surface area contributed by atoms with Crippen molar-refractivity contribution in [2.75, 3.05) is 6.54 Å². The number of fused-ring (bicyclic) bond motifs is 1. The summed E-state index contributed by atoms with van der Waals surface area (Å²) >= 11 is 1.98. The quantitative estimate of drug-likeness (QED) is 0.886. The van der Waals surface area contributed by atoms with Crippen LogP contribution < -0.4 is 5.32 Å². The van der Waals surface area contributed by atoms with Crippen LogP contribution in [0.15, 0.2) is 0 Å². The molecule has 2 aliphatic rings. The lowest BCUT2D eigenvalue weighted by atomic mass is 9.98. The third-order valence-electron chi connectivity index (χ3n) is 4.23. The number of aryl methyl sites for hydroxylation is 1. The number of thiazole rings is 1. The fraction of sp³-hybridized carbons (Fsp3) is 0.786. The van der Waals surface area contributed by atoms with Crippen molar-refractivity contribution in [3.8, 4) is 0 Å². The van der Waals surface area contributed by atoms with Crippen LogP contribution in [0.5, 0.6) is 0 Å². The summed E-state index contributed by atoms with van der Waals surface area (Å²) in [5, 5.41) is 5.01. The molecule has 1 aromatic heterocycles. The number of rotatable bonds is 3. The molecule has 94 valence electrons. The van der Waals surface area contributed by atoms with Gasteiger partial charge in [0, 0.05) is 16.8 Å². The van der Waals surface area contributed by atoms with Crippen LogP contribution in [0.3, 0.4) is 0 Å². The Bertz CT molecular complexity index is 422. The molecule has 0 amide bonds. The molecule has 1 saturated carbocycles. The Labute approximate surface area is 108 Å². The number of nitrogens with zero attached hydrogens (tertiary/aromatic N) is 1. The molecular weight excluding hydrogens is 228 g/mol. The van der Waals surface area contributed by atoms with E-state index in [1.807, 2.05) is 11.3 Å². The average molecular weight is 250 g/mol. The molecule has 1 N–H and O–H groups in total. The van der Waals surface area contributed by atoms with Gasteiger partial charge in [-0.25, -0.2) is 4.98 Å². The lowest BCUT2D eigenvalue weighted by molar-refractivity contribution is 0.476. The second-order valence-corrected chi connectivity index (χ2v) is 7.17. The molecule has 2 aliphatic carbocycles. The van der Waals surface area contributed by atoms with Crippen molar-refractivity contribution < 1.29 is 0 Å². The Morgan fingerprint density at radius 2 is 2.24 bits per heavy atom. The molecule has 2 atom stereocenters. The summed E-state index contributed by atoms with van der Waals surface area (Å²) in [6, 6.07) is 0.580. The van der Waals surface area contributed by atoms with Crippen LogP contribution in [0.25, 0.3) is 0 Å². The van der Waals surface area contributed by atoms with Crippen LogP contribution in [0.4, 0.5) is 0 Å². The Balaban J connectivity index is 1.86. The van der Waals surface area contributed by atoms with Crippen LogP contribution in [-0.2, 0) is 6.42 Å². The average Bonchev–Trinajstić information content (AvgIpc) is 2.75. The van der Waals surface area contributed by atoms with Gasteiger partial charge < -0.3 is 5.32 Å². The predicted molar refractivity (Wildman–Crippen MR) is 72.6 cm³/mol. The fourth-order valence-corrected chi connectivity index (χ4v) is 4.45. The zero-order chi connectivity index (χ0) is 12.0. The minimum atomic E-state index is 0.508. The van der Waals surface area contributed by atoms with Crippen molar-refractivity contribution in [3.05, 3.63) is 15.6 Å². The Morgan fingerprint density at radius 1 is 1.47 bits per heavy atom. The van der Waals surface area contributed by atoms with E-state index in [9.17, 15) is 0 Å². The monoisotopic (exact) mass is 250 g/mol. The van der Waals surface area contributed by atoms with E-state index in [1.165, 1.54) is 41.3 Å². The summed E-state index contributed by atoms with van der Waals surface area (Å²) in [7, 11) is 0. The van der Waals surface area contributed by atoms with Crippen molar-refractivity contribution in [3.63, 3.8) is 0 Å². The molecular formula is C14H22N2S. The van der Waals surface area contributed by atoms with Gasteiger partial charge in [0.25, 0.3) is 0 Å². The van der Waals surface area contributed by atoms with Crippen LogP contribution in [0.2, 0.25) is 0 Å². The van der Waals surface area contributed by atoms with Crippen molar-refractivity contribution in [2.24, 2.45) is 5.41 Å². The molecule has 0 bridgehead atoms. The molecule has 0 saturated heterocycles. The topological polar surface area (TPSA) is 24.9 Å². The van der Waals surface area contributed by atoms with Crippen molar-refractivity contribution in [1.82, 2.24) is 10.3 Å². The zero-order valence-electron chi connectivity index (χ0n) is 11.0. The third-order valence-corrected chi connectivity index (χ3v) is 5.55. The Kier molecular flexibility index (Phi) is 2.79. The standard InChI is InChI=1S/C14H22N2S/c1-4-15-10-6-5-7-11-12(10)17-13(16-11)9-8-14(9,2)3/h9-10,15H,4-8H2,1-3H3. The molecule has 1 fully saturated rings. The second-order valence-electron chi connectivity index (χ2n) is 6.11. The van der Waals surface area contributed by atoms with Gasteiger partial charge in [0.05, 0.1) is 10.7 Å². The summed E-state index contributed by atoms with van der Waals surface area (Å²) < 4.78 is 0. The molecule has 0 spiro atoms. The van der Waals surface area contributed by atoms with E-state index >= 15 is 0 Å². The second kappa shape index (κ2) is 4.06. The lowest BCUT2D eigenvalue weighted by Gasteiger charge is -2.21. The molecule has 3 rings (SSSR count). The van der Waals surface area contributed by atoms with Crippen molar-refractivity contribution >= 4 is 11.3 Å². The summed E-state index contributed by atoms with van der Waals surface area (Å²) in [5.41, 5.74) is 1.90. The minimum Gasteiger partial charge on any atom is -0.309 e. The van der Waals surface area contributed by atoms with Gasteiger partial charge in [-0.1, -0.05) is 20.8 Å². The zero-order valence-corrected chi connectivity index (χ0v) is 11.9. The van der Waals surface area contributed by atoms with E-state index in [0.717, 1.165) is 12.5 Å². The molecule has 0 radical (unpaired) electrons. The molecule has 0 aliphatic heterocycles. The van der Waals surface area contributed by atoms with Gasteiger partial charge in [0.2, 0.25) is 0 Å². The van der Waals surface area contributed by atoms with E-state index in [2.05, 4.69) is 26.1 Å². The highest BCUT2D eigenvalue weighted by molar-refractivity contribution is 7.12. The molecule has 1 aromatic rings. The molecule has 1 heterocycles. The van der Waals surface area contributed by atoms with Crippen molar-refractivity contribution in [2.45, 2.75) is 58.4 Å². The van der Waals surface area contributed by atoms with Gasteiger partial charge in [0.15, 0.2) is 0 Å². The Morgan fingerprint density at radius 3 is 2.88 bits per heavy atom. The predicted octanol–water partition coefficient (Wildman–Crippen LogP) is 3.64. The highest BCUT2D eigenvalue weighted by Gasteiger charge is 2.48. The van der Waals surface area contributed by atoms with Gasteiger partial charge in [-0.15, -0.1) is 11.3 Å². The van der Waals surface area contributed by atoms with Crippen molar-refractivity contribution in [1.29, 1.82) is 0 Å². The van der Waals surface area contributed by atoms with Gasteiger partial charge in [-0.05, 0) is 37.6 Å². The van der Waals surface area contributed by atoms with Gasteiger partial charge in [-0.3, -0.25) is 0 Å². The minimum absolute atomic E-state index is 0.508. The van der Waals surface area contributed by atoms with Crippen LogP contribution in [0, 0.1) is 5.41 Å². The largest absolute Gasteiger partial charge is 0.309 e. The maximum atomic E-state index is 4.92. The highest BCUT2D eigenvalue weighted by Crippen LogP contribution is 2.59. The first-order chi connectivity index (χ1) is 8.12. The highest BCUT2D eigenvalue weighted by atomic mass is 32.1. The fourth-order valence-electron chi connectivity index (χ4n) is 2.92. The van der Waals surface area contributed by atoms with Crippen LogP contribution >= 0.6 is 11.3 Å². The SMILES string of the molecule is CCNC1CCCc2nc(C3CC3(C)C)sc21. The smallest absolute Gasteiger partial charge is 0.0968 e.